The van der Waals surface area contributed by atoms with Crippen LogP contribution in [-0.2, 0) is 4.79 Å². The number of hydrogen-bond donors (Lipinski definition) is 0. The number of aryl methyl sites for hydroxylation is 1. The van der Waals surface area contributed by atoms with E-state index in [1.807, 2.05) is 55.5 Å². The smallest absolute Gasteiger partial charge is 0.266 e. The molecule has 0 aromatic heterocycles. The number of carbonyl (C=O) groups excluding carboxylic acids is 1. The number of rotatable bonds is 9. The minimum Gasteiger partial charge on any atom is -0.493 e. The molecule has 2 aromatic rings. The molecule has 1 fully saturated rings. The van der Waals surface area contributed by atoms with Gasteiger partial charge in [0.1, 0.15) is 0 Å². The third-order valence-corrected chi connectivity index (χ3v) is 5.86. The minimum atomic E-state index is -0.0198. The van der Waals surface area contributed by atoms with Crippen LogP contribution >= 0.6 is 11.8 Å². The fourth-order valence-electron chi connectivity index (χ4n) is 3.14. The summed E-state index contributed by atoms with van der Waals surface area (Å²) in [5.74, 6) is 1.31. The number of para-hydroxylation sites is 1. The second-order valence-corrected chi connectivity index (χ2v) is 8.39. The van der Waals surface area contributed by atoms with Crippen molar-refractivity contribution in [2.45, 2.75) is 40.0 Å². The van der Waals surface area contributed by atoms with Crippen molar-refractivity contribution in [1.82, 2.24) is 4.90 Å². The molecule has 3 rings (SSSR count). The number of amides is 1. The molecule has 0 bridgehead atoms. The van der Waals surface area contributed by atoms with Crippen LogP contribution in [0.15, 0.2) is 52.4 Å². The van der Waals surface area contributed by atoms with E-state index in [2.05, 4.69) is 13.8 Å². The van der Waals surface area contributed by atoms with Crippen molar-refractivity contribution in [3.8, 4) is 11.5 Å². The molecule has 0 aliphatic carbocycles. The second kappa shape index (κ2) is 11.0. The van der Waals surface area contributed by atoms with E-state index >= 15 is 0 Å². The van der Waals surface area contributed by atoms with E-state index in [9.17, 15) is 4.79 Å². The molecule has 5 nitrogen and oxygen atoms in total. The Balaban J connectivity index is 1.97. The Bertz CT molecular complexity index is 967. The highest BCUT2D eigenvalue weighted by Gasteiger charge is 2.33. The maximum absolute atomic E-state index is 13.2. The zero-order valence-electron chi connectivity index (χ0n) is 18.7. The van der Waals surface area contributed by atoms with Gasteiger partial charge in [-0.2, -0.15) is 0 Å². The Kier molecular flexibility index (Phi) is 8.18. The van der Waals surface area contributed by atoms with Gasteiger partial charge in [0.05, 0.1) is 24.3 Å². The number of thioether (sulfide) groups is 1. The van der Waals surface area contributed by atoms with Crippen LogP contribution in [0, 0.1) is 6.92 Å². The molecule has 31 heavy (non-hydrogen) atoms. The van der Waals surface area contributed by atoms with Gasteiger partial charge in [0.2, 0.25) is 0 Å². The summed E-state index contributed by atoms with van der Waals surface area (Å²) in [7, 11) is 1.62. The number of amidine groups is 1. The van der Waals surface area contributed by atoms with Gasteiger partial charge >= 0.3 is 0 Å². The fraction of sp³-hybridized carbons (Fsp3) is 0.360. The second-order valence-electron chi connectivity index (χ2n) is 7.38. The average molecular weight is 439 g/mol. The quantitative estimate of drug-likeness (QED) is 0.438. The van der Waals surface area contributed by atoms with Crippen molar-refractivity contribution in [2.24, 2.45) is 4.99 Å². The Hall–Kier alpha value is -2.73. The lowest BCUT2D eigenvalue weighted by Crippen LogP contribution is -2.30. The maximum atomic E-state index is 13.2. The van der Waals surface area contributed by atoms with Gasteiger partial charge in [-0.15, -0.1) is 0 Å². The topological polar surface area (TPSA) is 51.1 Å². The van der Waals surface area contributed by atoms with Crippen LogP contribution in [0.1, 0.15) is 44.2 Å². The highest BCUT2D eigenvalue weighted by molar-refractivity contribution is 8.18. The Morgan fingerprint density at radius 1 is 1.10 bits per heavy atom. The van der Waals surface area contributed by atoms with Crippen molar-refractivity contribution >= 4 is 34.6 Å². The molecule has 0 N–H and O–H groups in total. The number of unbranched alkanes of at least 4 members (excludes halogenated alkanes) is 1. The molecule has 0 saturated carbocycles. The molecule has 0 atom stereocenters. The number of benzene rings is 2. The number of nitrogens with zero attached hydrogens (tertiary/aromatic N) is 2. The fourth-order valence-corrected chi connectivity index (χ4v) is 4.16. The highest BCUT2D eigenvalue weighted by atomic mass is 32.2. The summed E-state index contributed by atoms with van der Waals surface area (Å²) in [5.41, 5.74) is 2.85. The number of methoxy groups -OCH3 is 1. The first-order chi connectivity index (χ1) is 15.1. The largest absolute Gasteiger partial charge is 0.493 e. The number of carbonyl (C=O) groups is 1. The summed E-state index contributed by atoms with van der Waals surface area (Å²) in [6.45, 7) is 7.46. The molecule has 1 heterocycles. The van der Waals surface area contributed by atoms with E-state index in [1.165, 1.54) is 17.3 Å². The lowest BCUT2D eigenvalue weighted by molar-refractivity contribution is -0.122. The molecule has 2 aromatic carbocycles. The van der Waals surface area contributed by atoms with Crippen LogP contribution in [0.4, 0.5) is 5.69 Å². The summed E-state index contributed by atoms with van der Waals surface area (Å²) < 4.78 is 11.4. The van der Waals surface area contributed by atoms with E-state index in [1.54, 1.807) is 12.0 Å². The van der Waals surface area contributed by atoms with E-state index in [0.29, 0.717) is 34.7 Å². The molecule has 1 amide bonds. The summed E-state index contributed by atoms with van der Waals surface area (Å²) in [6.07, 6.45) is 4.71. The number of hydrogen-bond acceptors (Lipinski definition) is 5. The molecule has 0 radical (unpaired) electrons. The van der Waals surface area contributed by atoms with Crippen LogP contribution < -0.4 is 9.47 Å². The first kappa shape index (κ1) is 22.9. The maximum Gasteiger partial charge on any atom is 0.266 e. The van der Waals surface area contributed by atoms with Gasteiger partial charge in [0, 0.05) is 12.1 Å². The predicted molar refractivity (Wildman–Crippen MR) is 129 cm³/mol. The van der Waals surface area contributed by atoms with E-state index < -0.39 is 0 Å². The summed E-state index contributed by atoms with van der Waals surface area (Å²) in [6, 6.07) is 13.7. The van der Waals surface area contributed by atoms with Crippen LogP contribution in [0.5, 0.6) is 11.5 Å². The lowest BCUT2D eigenvalue weighted by atomic mass is 10.1. The van der Waals surface area contributed by atoms with E-state index in [4.69, 9.17) is 14.5 Å². The Labute approximate surface area is 189 Å². The number of ether oxygens (including phenoxy) is 2. The molecule has 1 aliphatic heterocycles. The molecule has 6 heteroatoms. The van der Waals surface area contributed by atoms with Gasteiger partial charge in [0.25, 0.3) is 5.91 Å². The minimum absolute atomic E-state index is 0.0198. The SMILES string of the molecule is CCCCN1C(=O)/C(=C\c2cccc(OC)c2OCCC)SC1=Nc1ccc(C)cc1. The molecular formula is C25H30N2O3S. The monoisotopic (exact) mass is 438 g/mol. The lowest BCUT2D eigenvalue weighted by Gasteiger charge is -2.15. The van der Waals surface area contributed by atoms with Crippen LogP contribution in [0.2, 0.25) is 0 Å². The van der Waals surface area contributed by atoms with Crippen LogP contribution in [0.3, 0.4) is 0 Å². The molecular weight excluding hydrogens is 408 g/mol. The van der Waals surface area contributed by atoms with Gasteiger partial charge in [-0.1, -0.05) is 50.1 Å². The highest BCUT2D eigenvalue weighted by Crippen LogP contribution is 2.38. The normalized spacial score (nSPS) is 16.4. The average Bonchev–Trinajstić information content (AvgIpc) is 3.06. The van der Waals surface area contributed by atoms with Crippen molar-refractivity contribution in [3.63, 3.8) is 0 Å². The summed E-state index contributed by atoms with van der Waals surface area (Å²) >= 11 is 1.41. The van der Waals surface area contributed by atoms with Gasteiger partial charge in [0.15, 0.2) is 16.7 Å². The number of aliphatic imine (C=N–C) groups is 1. The van der Waals surface area contributed by atoms with Crippen molar-refractivity contribution in [2.75, 3.05) is 20.3 Å². The van der Waals surface area contributed by atoms with Crippen LogP contribution in [-0.4, -0.2) is 36.2 Å². The van der Waals surface area contributed by atoms with Crippen molar-refractivity contribution in [1.29, 1.82) is 0 Å². The van der Waals surface area contributed by atoms with Gasteiger partial charge in [-0.3, -0.25) is 9.69 Å². The summed E-state index contributed by atoms with van der Waals surface area (Å²) in [4.78, 5) is 20.4. The molecule has 1 aliphatic rings. The van der Waals surface area contributed by atoms with Gasteiger partial charge in [-0.25, -0.2) is 4.99 Å². The zero-order chi connectivity index (χ0) is 22.2. The third kappa shape index (κ3) is 5.70. The molecule has 0 unspecified atom stereocenters. The Morgan fingerprint density at radius 3 is 2.55 bits per heavy atom. The zero-order valence-corrected chi connectivity index (χ0v) is 19.5. The predicted octanol–water partition coefficient (Wildman–Crippen LogP) is 6.20. The summed E-state index contributed by atoms with van der Waals surface area (Å²) in [5, 5.41) is 0.715. The van der Waals surface area contributed by atoms with E-state index in [0.717, 1.165) is 30.5 Å². The first-order valence-corrected chi connectivity index (χ1v) is 11.6. The van der Waals surface area contributed by atoms with Crippen molar-refractivity contribution < 1.29 is 14.3 Å². The van der Waals surface area contributed by atoms with Gasteiger partial charge < -0.3 is 9.47 Å². The van der Waals surface area contributed by atoms with E-state index in [-0.39, 0.29) is 5.91 Å². The van der Waals surface area contributed by atoms with Gasteiger partial charge in [-0.05, 0) is 55.8 Å². The molecule has 0 spiro atoms. The third-order valence-electron chi connectivity index (χ3n) is 4.85. The standard InChI is InChI=1S/C25H30N2O3S/c1-5-7-15-27-24(28)22(31-25(27)26-20-13-11-18(3)12-14-20)17-19-9-8-10-21(29-4)23(19)30-16-6-2/h8-14,17H,5-7,15-16H2,1-4H3/b22-17+,26-25?. The first-order valence-electron chi connectivity index (χ1n) is 10.7. The Morgan fingerprint density at radius 2 is 1.87 bits per heavy atom. The van der Waals surface area contributed by atoms with Crippen LogP contribution in [0.25, 0.3) is 6.08 Å². The van der Waals surface area contributed by atoms with Crippen molar-refractivity contribution in [3.05, 3.63) is 58.5 Å². The molecule has 1 saturated heterocycles. The molecule has 164 valence electrons.